The van der Waals surface area contributed by atoms with Crippen molar-refractivity contribution >= 4 is 45.5 Å². The number of nitrogens with one attached hydrogen (secondary N) is 2. The van der Waals surface area contributed by atoms with E-state index in [-0.39, 0.29) is 29.7 Å². The Bertz CT molecular complexity index is 1750. The number of aromatic hydroxyl groups is 2. The summed E-state index contributed by atoms with van der Waals surface area (Å²) >= 11 is 6.26. The van der Waals surface area contributed by atoms with E-state index in [1.807, 2.05) is 56.3 Å². The van der Waals surface area contributed by atoms with Crippen LogP contribution >= 0.6 is 11.6 Å². The van der Waals surface area contributed by atoms with Gasteiger partial charge < -0.3 is 25.3 Å². The van der Waals surface area contributed by atoms with Crippen molar-refractivity contribution in [1.82, 2.24) is 10.3 Å². The first-order valence-corrected chi connectivity index (χ1v) is 15.4. The number of H-pyrrole nitrogens is 1. The Hall–Kier alpha value is -4.63. The average molecular weight is 628 g/mol. The molecule has 3 aromatic carbocycles. The second kappa shape index (κ2) is 14.0. The van der Waals surface area contributed by atoms with Crippen LogP contribution in [0.3, 0.4) is 0 Å². The molecule has 4 N–H and O–H groups in total. The summed E-state index contributed by atoms with van der Waals surface area (Å²) in [5, 5.41) is 33.1. The van der Waals surface area contributed by atoms with E-state index in [0.717, 1.165) is 52.1 Å². The molecule has 0 aliphatic carbocycles. The van der Waals surface area contributed by atoms with Crippen molar-refractivity contribution in [2.45, 2.75) is 52.5 Å². The fourth-order valence-electron chi connectivity index (χ4n) is 5.58. The molecular weight excluding hydrogens is 590 g/mol. The maximum atomic E-state index is 13.3. The highest BCUT2D eigenvalue weighted by molar-refractivity contribution is 6.44. The van der Waals surface area contributed by atoms with Crippen LogP contribution in [0.15, 0.2) is 75.9 Å². The largest absolute Gasteiger partial charge is 0.504 e. The molecule has 0 saturated heterocycles. The lowest BCUT2D eigenvalue weighted by molar-refractivity contribution is -0.119. The van der Waals surface area contributed by atoms with Crippen molar-refractivity contribution in [1.29, 1.82) is 0 Å². The molecule has 10 heteroatoms. The number of fused-ring (bicyclic) bond motifs is 2. The van der Waals surface area contributed by atoms with Crippen molar-refractivity contribution < 1.29 is 19.7 Å². The lowest BCUT2D eigenvalue weighted by atomic mass is 9.87. The monoisotopic (exact) mass is 627 g/mol. The lowest BCUT2D eigenvalue weighted by Crippen LogP contribution is -2.30. The number of hydrogen-bond donors (Lipinski definition) is 4. The number of hydrogen-bond acceptors (Lipinski definition) is 7. The quantitative estimate of drug-likeness (QED) is 0.158. The highest BCUT2D eigenvalue weighted by Gasteiger charge is 2.24. The summed E-state index contributed by atoms with van der Waals surface area (Å²) in [6.07, 6.45) is 2.21. The molecule has 2 atom stereocenters. The van der Waals surface area contributed by atoms with E-state index < -0.39 is 6.04 Å². The number of ether oxygens (including phenoxy) is 1. The number of amides is 1. The average Bonchev–Trinajstić information content (AvgIpc) is 3.41. The number of carbonyl (C=O) groups is 1. The van der Waals surface area contributed by atoms with Crippen LogP contribution in [0.1, 0.15) is 62.0 Å². The summed E-state index contributed by atoms with van der Waals surface area (Å²) in [4.78, 5) is 21.8. The Morgan fingerprint density at radius 3 is 2.53 bits per heavy atom. The summed E-state index contributed by atoms with van der Waals surface area (Å²) in [6, 6.07) is 18.1. The number of rotatable bonds is 8. The molecule has 1 aliphatic heterocycles. The summed E-state index contributed by atoms with van der Waals surface area (Å²) < 4.78 is 5.63. The third kappa shape index (κ3) is 7.54. The van der Waals surface area contributed by atoms with Crippen LogP contribution < -0.4 is 10.1 Å². The zero-order valence-electron chi connectivity index (χ0n) is 25.9. The van der Waals surface area contributed by atoms with E-state index in [1.54, 1.807) is 7.11 Å². The third-order valence-electron chi connectivity index (χ3n) is 8.26. The molecule has 5 rings (SSSR count). The molecule has 45 heavy (non-hydrogen) atoms. The molecule has 0 bridgehead atoms. The molecule has 1 aromatic heterocycles. The smallest absolute Gasteiger partial charge is 0.226 e. The normalized spacial score (nSPS) is 19.4. The Balaban J connectivity index is 1.47. The molecule has 1 aliphatic rings. The first-order chi connectivity index (χ1) is 21.6. The maximum Gasteiger partial charge on any atom is 0.226 e. The molecule has 234 valence electrons. The highest BCUT2D eigenvalue weighted by atomic mass is 35.5. The number of benzene rings is 3. The van der Waals surface area contributed by atoms with Gasteiger partial charge in [0.05, 0.1) is 25.0 Å². The van der Waals surface area contributed by atoms with E-state index in [2.05, 4.69) is 33.5 Å². The number of aromatic amines is 1. The maximum absolute atomic E-state index is 13.3. The number of carbonyl (C=O) groups excluding carboxylic acids is 1. The number of nitrogens with zero attached hydrogens (tertiary/aromatic N) is 3. The van der Waals surface area contributed by atoms with Gasteiger partial charge in [-0.25, -0.2) is 0 Å². The molecule has 0 fully saturated rings. The van der Waals surface area contributed by atoms with Gasteiger partial charge in [0.1, 0.15) is 11.8 Å². The van der Waals surface area contributed by atoms with Gasteiger partial charge in [-0.2, -0.15) is 10.2 Å². The number of methoxy groups -OCH3 is 1. The summed E-state index contributed by atoms with van der Waals surface area (Å²) in [7, 11) is 1.65. The Kier molecular flexibility index (Phi) is 9.88. The van der Waals surface area contributed by atoms with Crippen molar-refractivity contribution in [3.8, 4) is 17.2 Å². The molecule has 9 nitrogen and oxygen atoms in total. The van der Waals surface area contributed by atoms with Crippen LogP contribution in [-0.4, -0.2) is 51.9 Å². The van der Waals surface area contributed by atoms with Gasteiger partial charge in [0.25, 0.3) is 0 Å². The van der Waals surface area contributed by atoms with Gasteiger partial charge in [-0.15, -0.1) is 0 Å². The molecule has 0 saturated carbocycles. The summed E-state index contributed by atoms with van der Waals surface area (Å²) in [5.74, 6) is 0.345. The van der Waals surface area contributed by atoms with E-state index >= 15 is 0 Å². The van der Waals surface area contributed by atoms with Crippen LogP contribution in [0.25, 0.3) is 10.9 Å². The topological polar surface area (TPSA) is 132 Å². The van der Waals surface area contributed by atoms with Crippen LogP contribution in [0.4, 0.5) is 0 Å². The number of aromatic nitrogens is 1. The SMILES string of the molecule is CCC1Cc2ccc(OC)cc2C(c2ccc(Cl)cc2)N=C(CC(=O)NCCc2cc3cc(O)c(O)cc3[nH]2)/C(C)=N\N=C\1C. The van der Waals surface area contributed by atoms with Gasteiger partial charge in [-0.1, -0.05) is 36.7 Å². The third-order valence-corrected chi connectivity index (χ3v) is 8.51. The molecular formula is C35H38ClN5O4. The Morgan fingerprint density at radius 1 is 1.04 bits per heavy atom. The predicted molar refractivity (Wildman–Crippen MR) is 180 cm³/mol. The lowest BCUT2D eigenvalue weighted by Gasteiger charge is -2.22. The van der Waals surface area contributed by atoms with Crippen LogP contribution in [0.5, 0.6) is 17.2 Å². The fraction of sp³-hybridized carbons (Fsp3) is 0.314. The number of phenolic OH excluding ortho intramolecular Hbond substituents is 2. The number of aliphatic imine (C=N–C) groups is 1. The second-order valence-corrected chi connectivity index (χ2v) is 11.8. The van der Waals surface area contributed by atoms with E-state index in [4.69, 9.17) is 21.3 Å². The van der Waals surface area contributed by atoms with E-state index in [0.29, 0.717) is 34.9 Å². The van der Waals surface area contributed by atoms with Gasteiger partial charge in [0.15, 0.2) is 11.5 Å². The molecule has 0 spiro atoms. The minimum Gasteiger partial charge on any atom is -0.504 e. The van der Waals surface area contributed by atoms with Crippen LogP contribution in [0.2, 0.25) is 5.02 Å². The highest BCUT2D eigenvalue weighted by Crippen LogP contribution is 2.35. The van der Waals surface area contributed by atoms with Gasteiger partial charge in [-0.05, 0) is 79.8 Å². The van der Waals surface area contributed by atoms with Crippen molar-refractivity contribution in [2.75, 3.05) is 13.7 Å². The van der Waals surface area contributed by atoms with E-state index in [9.17, 15) is 15.0 Å². The summed E-state index contributed by atoms with van der Waals surface area (Å²) in [6.45, 7) is 6.36. The van der Waals surface area contributed by atoms with Crippen molar-refractivity contribution in [3.63, 3.8) is 0 Å². The predicted octanol–water partition coefficient (Wildman–Crippen LogP) is 6.94. The zero-order chi connectivity index (χ0) is 32.1. The zero-order valence-corrected chi connectivity index (χ0v) is 26.7. The Morgan fingerprint density at radius 2 is 1.80 bits per heavy atom. The summed E-state index contributed by atoms with van der Waals surface area (Å²) in [5.41, 5.74) is 6.65. The van der Waals surface area contributed by atoms with Crippen molar-refractivity contribution in [2.24, 2.45) is 21.1 Å². The fourth-order valence-corrected chi connectivity index (χ4v) is 5.71. The molecule has 1 amide bonds. The van der Waals surface area contributed by atoms with Gasteiger partial charge in [0, 0.05) is 52.3 Å². The number of halogens is 1. The van der Waals surface area contributed by atoms with Gasteiger partial charge >= 0.3 is 0 Å². The minimum atomic E-state index is -0.435. The molecule has 2 unspecified atom stereocenters. The standard InChI is InChI=1S/C35H38ClN5O4/c1-5-22-14-24-8-11-28(45-4)17-29(24)35(23-6-9-26(36)10-7-23)39-30(21(3)41-40-20(22)2)19-34(44)37-13-12-27-15-25-16-32(42)33(43)18-31(25)38-27/h6-11,15-18,22,35,38,42-43H,5,12-14,19H2,1-4H3,(H,37,44)/b39-30?,40-20+,41-21-. The van der Waals surface area contributed by atoms with Gasteiger partial charge in [-0.3, -0.25) is 9.79 Å². The Labute approximate surface area is 267 Å². The van der Waals surface area contributed by atoms with Gasteiger partial charge in [0.2, 0.25) is 5.91 Å². The minimum absolute atomic E-state index is 0.0128. The second-order valence-electron chi connectivity index (χ2n) is 11.3. The molecule has 2 heterocycles. The first-order valence-electron chi connectivity index (χ1n) is 15.0. The number of phenols is 2. The van der Waals surface area contributed by atoms with Crippen LogP contribution in [-0.2, 0) is 17.6 Å². The molecule has 0 radical (unpaired) electrons. The molecule has 4 aromatic rings. The van der Waals surface area contributed by atoms with Crippen molar-refractivity contribution in [3.05, 3.63) is 88.1 Å². The van der Waals surface area contributed by atoms with Crippen LogP contribution in [0, 0.1) is 5.92 Å². The first kappa shape index (κ1) is 31.8. The van der Waals surface area contributed by atoms with E-state index in [1.165, 1.54) is 12.1 Å².